The highest BCUT2D eigenvalue weighted by Gasteiger charge is 2.21. The first-order valence-electron chi connectivity index (χ1n) is 11.7. The highest BCUT2D eigenvalue weighted by Crippen LogP contribution is 2.26. The highest BCUT2D eigenvalue weighted by atomic mass is 16.5. The van der Waals surface area contributed by atoms with Crippen LogP contribution in [0.5, 0.6) is 5.75 Å². The summed E-state index contributed by atoms with van der Waals surface area (Å²) >= 11 is 0. The Morgan fingerprint density at radius 2 is 1.94 bits per heavy atom. The van der Waals surface area contributed by atoms with Crippen molar-refractivity contribution < 1.29 is 9.53 Å². The van der Waals surface area contributed by atoms with E-state index < -0.39 is 0 Å². The summed E-state index contributed by atoms with van der Waals surface area (Å²) in [5.74, 6) is 0.502. The van der Waals surface area contributed by atoms with E-state index in [1.807, 2.05) is 73.6 Å². The lowest BCUT2D eigenvalue weighted by Gasteiger charge is -2.08. The second-order valence-electron chi connectivity index (χ2n) is 8.62. The lowest BCUT2D eigenvalue weighted by atomic mass is 10.2. The van der Waals surface area contributed by atoms with Crippen LogP contribution in [0.3, 0.4) is 0 Å². The maximum absolute atomic E-state index is 13.3. The van der Waals surface area contributed by atoms with Crippen molar-refractivity contribution in [2.75, 3.05) is 12.4 Å². The molecule has 184 valence electrons. The number of methoxy groups -OCH3 is 1. The van der Waals surface area contributed by atoms with Gasteiger partial charge < -0.3 is 10.1 Å². The summed E-state index contributed by atoms with van der Waals surface area (Å²) < 4.78 is 10.8. The Morgan fingerprint density at radius 3 is 2.69 bits per heavy atom. The molecule has 4 heterocycles. The van der Waals surface area contributed by atoms with Gasteiger partial charge in [0.15, 0.2) is 5.65 Å². The maximum Gasteiger partial charge on any atom is 0.261 e. The first-order chi connectivity index (χ1) is 17.4. The number of nitrogens with zero attached hydrogens (tertiary/aromatic N) is 7. The minimum Gasteiger partial charge on any atom is -0.497 e. The van der Waals surface area contributed by atoms with Gasteiger partial charge in [-0.25, -0.2) is 9.50 Å². The number of aryl methyl sites for hydroxylation is 3. The first kappa shape index (κ1) is 23.3. The summed E-state index contributed by atoms with van der Waals surface area (Å²) in [7, 11) is 1.65. The van der Waals surface area contributed by atoms with Gasteiger partial charge in [0, 0.05) is 24.5 Å². The van der Waals surface area contributed by atoms with E-state index in [0.717, 1.165) is 46.2 Å². The molecule has 36 heavy (non-hydrogen) atoms. The standard InChI is InChI=1S/C26H28N8O2/c1-6-32-15-22(16(2)30-32)23-10-11-27-25-21(13-28-34(23)25)26(35)29-24-17(3)31-33(18(24)4)14-19-8-7-9-20(12-19)36-5/h7-13,15H,6,14H2,1-5H3,(H,29,35). The Balaban J connectivity index is 1.43. The van der Waals surface area contributed by atoms with Crippen LogP contribution in [0.15, 0.2) is 48.9 Å². The van der Waals surface area contributed by atoms with Crippen molar-refractivity contribution in [1.82, 2.24) is 34.2 Å². The van der Waals surface area contributed by atoms with Crippen LogP contribution in [0.2, 0.25) is 0 Å². The molecule has 0 spiro atoms. The minimum absolute atomic E-state index is 0.289. The monoisotopic (exact) mass is 484 g/mol. The van der Waals surface area contributed by atoms with Gasteiger partial charge in [0.25, 0.3) is 5.91 Å². The Morgan fingerprint density at radius 1 is 1.11 bits per heavy atom. The van der Waals surface area contributed by atoms with Gasteiger partial charge in [-0.1, -0.05) is 12.1 Å². The molecule has 0 saturated heterocycles. The fourth-order valence-corrected chi connectivity index (χ4v) is 4.34. The van der Waals surface area contributed by atoms with E-state index in [2.05, 4.69) is 25.6 Å². The molecule has 5 rings (SSSR count). The SMILES string of the molecule is CCn1cc(-c2ccnc3c(C(=O)Nc4c(C)nn(Cc5cccc(OC)c5)c4C)cnn23)c(C)n1. The number of hydrogen-bond acceptors (Lipinski definition) is 6. The molecule has 0 aliphatic carbocycles. The quantitative estimate of drug-likeness (QED) is 0.374. The lowest BCUT2D eigenvalue weighted by Crippen LogP contribution is -2.13. The fourth-order valence-electron chi connectivity index (χ4n) is 4.34. The molecule has 0 unspecified atom stereocenters. The molecule has 0 bridgehead atoms. The van der Waals surface area contributed by atoms with Gasteiger partial charge in [0.05, 0.1) is 48.3 Å². The molecule has 0 radical (unpaired) electrons. The van der Waals surface area contributed by atoms with Crippen LogP contribution in [-0.4, -0.2) is 47.2 Å². The molecular weight excluding hydrogens is 456 g/mol. The summed E-state index contributed by atoms with van der Waals surface area (Å²) in [5.41, 5.74) is 6.86. The van der Waals surface area contributed by atoms with Gasteiger partial charge in [-0.15, -0.1) is 0 Å². The van der Waals surface area contributed by atoms with Crippen molar-refractivity contribution >= 4 is 17.2 Å². The average Bonchev–Trinajstić information content (AvgIpc) is 3.56. The molecule has 1 N–H and O–H groups in total. The Bertz CT molecular complexity index is 1580. The zero-order chi connectivity index (χ0) is 25.4. The number of nitrogens with one attached hydrogen (secondary N) is 1. The zero-order valence-corrected chi connectivity index (χ0v) is 21.0. The van der Waals surface area contributed by atoms with E-state index in [0.29, 0.717) is 23.4 Å². The number of anilines is 1. The van der Waals surface area contributed by atoms with E-state index >= 15 is 0 Å². The second kappa shape index (κ2) is 9.29. The summed E-state index contributed by atoms with van der Waals surface area (Å²) in [6.07, 6.45) is 5.22. The molecule has 0 fully saturated rings. The molecule has 0 saturated carbocycles. The van der Waals surface area contributed by atoms with Crippen LogP contribution in [0.4, 0.5) is 5.69 Å². The Labute approximate surface area is 208 Å². The summed E-state index contributed by atoms with van der Waals surface area (Å²) in [6.45, 7) is 9.15. The number of ether oxygens (including phenoxy) is 1. The molecule has 10 nitrogen and oxygen atoms in total. The third-order valence-electron chi connectivity index (χ3n) is 6.28. The first-order valence-corrected chi connectivity index (χ1v) is 11.7. The molecular formula is C26H28N8O2. The van der Waals surface area contributed by atoms with Crippen molar-refractivity contribution in [2.45, 2.75) is 40.8 Å². The Kier molecular flexibility index (Phi) is 6.01. The summed E-state index contributed by atoms with van der Waals surface area (Å²) in [6, 6.07) is 9.73. The van der Waals surface area contributed by atoms with Crippen LogP contribution in [-0.2, 0) is 13.1 Å². The number of carbonyl (C=O) groups is 1. The topological polar surface area (TPSA) is 104 Å². The van der Waals surface area contributed by atoms with Gasteiger partial charge in [0.2, 0.25) is 0 Å². The molecule has 5 aromatic rings. The smallest absolute Gasteiger partial charge is 0.261 e. The third kappa shape index (κ3) is 4.10. The van der Waals surface area contributed by atoms with Crippen molar-refractivity contribution in [3.8, 4) is 17.0 Å². The minimum atomic E-state index is -0.289. The van der Waals surface area contributed by atoms with E-state index in [9.17, 15) is 4.79 Å². The maximum atomic E-state index is 13.3. The molecule has 0 aliphatic rings. The van der Waals surface area contributed by atoms with Gasteiger partial charge in [-0.05, 0) is 51.5 Å². The molecule has 1 amide bonds. The predicted molar refractivity (Wildman–Crippen MR) is 136 cm³/mol. The molecule has 4 aromatic heterocycles. The Hall–Kier alpha value is -4.47. The van der Waals surface area contributed by atoms with Gasteiger partial charge in [0.1, 0.15) is 11.3 Å². The van der Waals surface area contributed by atoms with Crippen molar-refractivity contribution in [3.05, 3.63) is 77.1 Å². The van der Waals surface area contributed by atoms with E-state index in [1.54, 1.807) is 24.0 Å². The molecule has 10 heteroatoms. The number of carbonyl (C=O) groups excluding carboxylic acids is 1. The number of rotatable bonds is 7. The second-order valence-corrected chi connectivity index (χ2v) is 8.62. The van der Waals surface area contributed by atoms with Crippen LogP contribution >= 0.6 is 0 Å². The predicted octanol–water partition coefficient (Wildman–Crippen LogP) is 4.04. The van der Waals surface area contributed by atoms with Crippen LogP contribution in [0.25, 0.3) is 16.9 Å². The van der Waals surface area contributed by atoms with E-state index in [-0.39, 0.29) is 5.91 Å². The molecule has 0 aliphatic heterocycles. The summed E-state index contributed by atoms with van der Waals surface area (Å²) in [4.78, 5) is 17.8. The van der Waals surface area contributed by atoms with Gasteiger partial charge in [-0.3, -0.25) is 14.2 Å². The number of benzene rings is 1. The number of fused-ring (bicyclic) bond motifs is 1. The van der Waals surface area contributed by atoms with Crippen LogP contribution in [0.1, 0.15) is 39.9 Å². The van der Waals surface area contributed by atoms with Crippen LogP contribution in [0, 0.1) is 20.8 Å². The molecule has 1 aromatic carbocycles. The van der Waals surface area contributed by atoms with E-state index in [4.69, 9.17) is 4.74 Å². The number of hydrogen-bond donors (Lipinski definition) is 1. The van der Waals surface area contributed by atoms with Gasteiger partial charge >= 0.3 is 0 Å². The number of amides is 1. The molecule has 0 atom stereocenters. The highest BCUT2D eigenvalue weighted by molar-refractivity contribution is 6.08. The lowest BCUT2D eigenvalue weighted by molar-refractivity contribution is 0.102. The number of aromatic nitrogens is 7. The van der Waals surface area contributed by atoms with Crippen LogP contribution < -0.4 is 10.1 Å². The zero-order valence-electron chi connectivity index (χ0n) is 21.0. The van der Waals surface area contributed by atoms with Crippen molar-refractivity contribution in [1.29, 1.82) is 0 Å². The van der Waals surface area contributed by atoms with Gasteiger partial charge in [-0.2, -0.15) is 15.3 Å². The van der Waals surface area contributed by atoms with Crippen molar-refractivity contribution in [2.24, 2.45) is 0 Å². The summed E-state index contributed by atoms with van der Waals surface area (Å²) in [5, 5.41) is 16.7. The average molecular weight is 485 g/mol. The third-order valence-corrected chi connectivity index (χ3v) is 6.28. The largest absolute Gasteiger partial charge is 0.497 e. The van der Waals surface area contributed by atoms with Crippen molar-refractivity contribution in [3.63, 3.8) is 0 Å². The van der Waals surface area contributed by atoms with E-state index in [1.165, 1.54) is 0 Å². The normalized spacial score (nSPS) is 11.2. The fraction of sp³-hybridized carbons (Fsp3) is 0.269.